The molecule has 140 valence electrons. The van der Waals surface area contributed by atoms with Crippen LogP contribution in [0.3, 0.4) is 0 Å². The lowest BCUT2D eigenvalue weighted by Gasteiger charge is -2.06. The number of carbonyl (C=O) groups is 1. The van der Waals surface area contributed by atoms with Gasteiger partial charge in [-0.2, -0.15) is 0 Å². The lowest BCUT2D eigenvalue weighted by atomic mass is 10.1. The standard InChI is InChI=1S/C17H15Cl2N5OS2/c1-9-3-4-13(10(2)5-9)21-16-23-24-17(27-16)26-8-14(25)22-15-12(19)6-11(18)7-20-15/h3-7H,8H2,1-2H3,(H,21,23)(H,20,22,25). The predicted octanol–water partition coefficient (Wildman–Crippen LogP) is 5.33. The third kappa shape index (κ3) is 5.55. The van der Waals surface area contributed by atoms with Crippen LogP contribution in [0.5, 0.6) is 0 Å². The molecule has 1 aromatic carbocycles. The van der Waals surface area contributed by atoms with Gasteiger partial charge in [-0.05, 0) is 31.5 Å². The highest BCUT2D eigenvalue weighted by Crippen LogP contribution is 2.29. The van der Waals surface area contributed by atoms with Crippen LogP contribution in [0, 0.1) is 13.8 Å². The highest BCUT2D eigenvalue weighted by molar-refractivity contribution is 8.01. The van der Waals surface area contributed by atoms with Crippen molar-refractivity contribution in [2.75, 3.05) is 16.4 Å². The highest BCUT2D eigenvalue weighted by Gasteiger charge is 2.11. The first-order valence-electron chi connectivity index (χ1n) is 7.82. The average molecular weight is 440 g/mol. The summed E-state index contributed by atoms with van der Waals surface area (Å²) in [6, 6.07) is 7.66. The zero-order valence-corrected chi connectivity index (χ0v) is 17.6. The maximum atomic E-state index is 12.1. The topological polar surface area (TPSA) is 79.8 Å². The first-order chi connectivity index (χ1) is 12.9. The summed E-state index contributed by atoms with van der Waals surface area (Å²) in [6.45, 7) is 4.08. The molecule has 0 aliphatic rings. The molecule has 0 bridgehead atoms. The predicted molar refractivity (Wildman–Crippen MR) is 113 cm³/mol. The van der Waals surface area contributed by atoms with Crippen LogP contribution in [0.2, 0.25) is 10.0 Å². The number of thioether (sulfide) groups is 1. The molecule has 0 aliphatic heterocycles. The fraction of sp³-hybridized carbons (Fsp3) is 0.176. The van der Waals surface area contributed by atoms with Gasteiger partial charge in [0.25, 0.3) is 0 Å². The number of rotatable bonds is 6. The molecule has 1 amide bonds. The van der Waals surface area contributed by atoms with E-state index in [2.05, 4.69) is 31.9 Å². The zero-order valence-electron chi connectivity index (χ0n) is 14.4. The Kier molecular flexibility index (Phi) is 6.54. The van der Waals surface area contributed by atoms with Gasteiger partial charge in [0.2, 0.25) is 11.0 Å². The van der Waals surface area contributed by atoms with E-state index in [9.17, 15) is 4.79 Å². The number of pyridine rings is 1. The monoisotopic (exact) mass is 439 g/mol. The number of anilines is 3. The van der Waals surface area contributed by atoms with Crippen molar-refractivity contribution in [1.82, 2.24) is 15.2 Å². The molecule has 0 atom stereocenters. The summed E-state index contributed by atoms with van der Waals surface area (Å²) < 4.78 is 0.688. The van der Waals surface area contributed by atoms with E-state index in [4.69, 9.17) is 23.2 Å². The molecule has 10 heteroatoms. The number of halogens is 2. The van der Waals surface area contributed by atoms with E-state index in [1.54, 1.807) is 0 Å². The number of hydrogen-bond acceptors (Lipinski definition) is 7. The highest BCUT2D eigenvalue weighted by atomic mass is 35.5. The van der Waals surface area contributed by atoms with E-state index < -0.39 is 0 Å². The molecule has 0 aliphatic carbocycles. The molecular weight excluding hydrogens is 425 g/mol. The van der Waals surface area contributed by atoms with Crippen LogP contribution in [-0.4, -0.2) is 26.8 Å². The van der Waals surface area contributed by atoms with Gasteiger partial charge in [0.15, 0.2) is 10.2 Å². The number of benzene rings is 1. The summed E-state index contributed by atoms with van der Waals surface area (Å²) >= 11 is 14.5. The molecule has 0 spiro atoms. The molecule has 0 unspecified atom stereocenters. The van der Waals surface area contributed by atoms with Gasteiger partial charge in [-0.1, -0.05) is 64.0 Å². The first kappa shape index (κ1) is 19.9. The minimum Gasteiger partial charge on any atom is -0.330 e. The molecule has 0 saturated heterocycles. The van der Waals surface area contributed by atoms with Gasteiger partial charge in [-0.3, -0.25) is 4.79 Å². The molecule has 0 saturated carbocycles. The lowest BCUT2D eigenvalue weighted by molar-refractivity contribution is -0.113. The largest absolute Gasteiger partial charge is 0.330 e. The number of aryl methyl sites for hydroxylation is 2. The normalized spacial score (nSPS) is 10.7. The Morgan fingerprint density at radius 1 is 1.22 bits per heavy atom. The number of carbonyl (C=O) groups excluding carboxylic acids is 1. The smallest absolute Gasteiger partial charge is 0.236 e. The molecule has 0 radical (unpaired) electrons. The molecule has 6 nitrogen and oxygen atoms in total. The number of nitrogens with one attached hydrogen (secondary N) is 2. The maximum Gasteiger partial charge on any atom is 0.236 e. The third-order valence-corrected chi connectivity index (χ3v) is 5.89. The van der Waals surface area contributed by atoms with Crippen molar-refractivity contribution in [2.45, 2.75) is 18.2 Å². The summed E-state index contributed by atoms with van der Waals surface area (Å²) in [7, 11) is 0. The van der Waals surface area contributed by atoms with Crippen molar-refractivity contribution in [3.8, 4) is 0 Å². The van der Waals surface area contributed by atoms with Crippen LogP contribution in [0.15, 0.2) is 34.8 Å². The van der Waals surface area contributed by atoms with Gasteiger partial charge in [0.1, 0.15) is 0 Å². The summed E-state index contributed by atoms with van der Waals surface area (Å²) in [5.41, 5.74) is 3.31. The maximum absolute atomic E-state index is 12.1. The number of nitrogens with zero attached hydrogens (tertiary/aromatic N) is 3. The summed E-state index contributed by atoms with van der Waals surface area (Å²) in [6.07, 6.45) is 1.42. The second-order valence-corrected chi connectivity index (χ2v) is 8.68. The van der Waals surface area contributed by atoms with Gasteiger partial charge in [0, 0.05) is 11.9 Å². The van der Waals surface area contributed by atoms with E-state index in [-0.39, 0.29) is 22.5 Å². The van der Waals surface area contributed by atoms with Gasteiger partial charge < -0.3 is 10.6 Å². The Balaban J connectivity index is 1.55. The molecule has 2 aromatic heterocycles. The second kappa shape index (κ2) is 8.88. The van der Waals surface area contributed by atoms with E-state index in [0.29, 0.717) is 14.5 Å². The Bertz CT molecular complexity index is 980. The Morgan fingerprint density at radius 3 is 2.78 bits per heavy atom. The van der Waals surface area contributed by atoms with Gasteiger partial charge in [-0.25, -0.2) is 4.98 Å². The summed E-state index contributed by atoms with van der Waals surface area (Å²) in [4.78, 5) is 16.1. The Hall–Kier alpha value is -1.87. The molecule has 27 heavy (non-hydrogen) atoms. The van der Waals surface area contributed by atoms with Crippen molar-refractivity contribution < 1.29 is 4.79 Å². The van der Waals surface area contributed by atoms with Crippen LogP contribution in [-0.2, 0) is 4.79 Å². The van der Waals surface area contributed by atoms with Crippen LogP contribution in [0.25, 0.3) is 0 Å². The van der Waals surface area contributed by atoms with Crippen LogP contribution in [0.1, 0.15) is 11.1 Å². The van der Waals surface area contributed by atoms with Crippen molar-refractivity contribution in [1.29, 1.82) is 0 Å². The number of amides is 1. The van der Waals surface area contributed by atoms with Crippen molar-refractivity contribution in [3.05, 3.63) is 51.6 Å². The second-order valence-electron chi connectivity index (χ2n) is 5.64. The minimum atomic E-state index is -0.240. The number of aromatic nitrogens is 3. The SMILES string of the molecule is Cc1ccc(Nc2nnc(SCC(=O)Nc3ncc(Cl)cc3Cl)s2)c(C)c1. The van der Waals surface area contributed by atoms with E-state index in [1.807, 2.05) is 26.0 Å². The summed E-state index contributed by atoms with van der Waals surface area (Å²) in [5, 5.41) is 15.5. The van der Waals surface area contributed by atoms with Gasteiger partial charge in [0.05, 0.1) is 15.8 Å². The minimum absolute atomic E-state index is 0.166. The van der Waals surface area contributed by atoms with E-state index in [0.717, 1.165) is 11.3 Å². The Morgan fingerprint density at radius 2 is 2.04 bits per heavy atom. The van der Waals surface area contributed by atoms with Gasteiger partial charge in [-0.15, -0.1) is 10.2 Å². The molecule has 2 heterocycles. The summed E-state index contributed by atoms with van der Waals surface area (Å²) in [5.74, 6) is 0.204. The average Bonchev–Trinajstić information content (AvgIpc) is 3.06. The van der Waals surface area contributed by atoms with Crippen LogP contribution >= 0.6 is 46.3 Å². The molecular formula is C17H15Cl2N5OS2. The van der Waals surface area contributed by atoms with Gasteiger partial charge >= 0.3 is 0 Å². The van der Waals surface area contributed by atoms with E-state index >= 15 is 0 Å². The van der Waals surface area contributed by atoms with Crippen molar-refractivity contribution in [3.63, 3.8) is 0 Å². The third-order valence-electron chi connectivity index (χ3n) is 3.42. The van der Waals surface area contributed by atoms with E-state index in [1.165, 1.54) is 40.9 Å². The quantitative estimate of drug-likeness (QED) is 0.505. The van der Waals surface area contributed by atoms with Crippen LogP contribution < -0.4 is 10.6 Å². The van der Waals surface area contributed by atoms with Crippen LogP contribution in [0.4, 0.5) is 16.6 Å². The molecule has 0 fully saturated rings. The first-order valence-corrected chi connectivity index (χ1v) is 10.4. The Labute approximate surface area is 174 Å². The fourth-order valence-corrected chi connectivity index (χ4v) is 4.18. The molecule has 3 aromatic rings. The number of hydrogen-bond donors (Lipinski definition) is 2. The zero-order chi connectivity index (χ0) is 19.4. The van der Waals surface area contributed by atoms with Crippen molar-refractivity contribution in [2.24, 2.45) is 0 Å². The fourth-order valence-electron chi connectivity index (χ4n) is 2.19. The lowest BCUT2D eigenvalue weighted by Crippen LogP contribution is -2.15. The molecule has 3 rings (SSSR count). The van der Waals surface area contributed by atoms with Crippen molar-refractivity contribution >= 4 is 68.8 Å². The molecule has 2 N–H and O–H groups in total.